The monoisotopic (exact) mass is 334 g/mol. The van der Waals surface area contributed by atoms with Crippen LogP contribution >= 0.6 is 0 Å². The minimum absolute atomic E-state index is 0.102. The van der Waals surface area contributed by atoms with Crippen molar-refractivity contribution in [3.63, 3.8) is 0 Å². The smallest absolute Gasteiger partial charge is 0.263 e. The first-order valence-electron chi connectivity index (χ1n) is 8.03. The normalized spacial score (nSPS) is 11.3. The van der Waals surface area contributed by atoms with Gasteiger partial charge in [0.05, 0.1) is 11.2 Å². The molecule has 5 nitrogen and oxygen atoms in total. The zero-order valence-electron chi connectivity index (χ0n) is 14.1. The first kappa shape index (κ1) is 16.6. The largest absolute Gasteiger partial charge is 0.506 e. The molecule has 0 radical (unpaired) electrons. The van der Waals surface area contributed by atoms with Gasteiger partial charge in [0.2, 0.25) is 0 Å². The number of nitrogens with zero attached hydrogens (tertiary/aromatic N) is 2. The number of carbonyl (C=O) groups excluding carboxylic acids is 1. The number of pyridine rings is 1. The highest BCUT2D eigenvalue weighted by Gasteiger charge is 2.14. The fourth-order valence-electron chi connectivity index (χ4n) is 2.86. The Bertz CT molecular complexity index is 1050. The van der Waals surface area contributed by atoms with Gasteiger partial charge in [0.15, 0.2) is 5.78 Å². The molecule has 0 aliphatic carbocycles. The molecule has 3 rings (SSSR count). The van der Waals surface area contributed by atoms with Gasteiger partial charge in [-0.2, -0.15) is 0 Å². The number of para-hydroxylation sites is 2. The van der Waals surface area contributed by atoms with E-state index >= 15 is 0 Å². The predicted molar refractivity (Wildman–Crippen MR) is 99.2 cm³/mol. The number of aryl methyl sites for hydroxylation is 1. The second-order valence-electron chi connectivity index (χ2n) is 5.66. The first-order valence-corrected chi connectivity index (χ1v) is 8.03. The summed E-state index contributed by atoms with van der Waals surface area (Å²) >= 11 is 0. The molecular formula is C20H18N2O3. The molecule has 0 amide bonds. The lowest BCUT2D eigenvalue weighted by Gasteiger charge is -2.11. The second kappa shape index (κ2) is 6.73. The summed E-state index contributed by atoms with van der Waals surface area (Å²) in [5.41, 5.74) is 1.40. The van der Waals surface area contributed by atoms with E-state index < -0.39 is 0 Å². The molecule has 0 spiro atoms. The number of rotatable bonds is 4. The van der Waals surface area contributed by atoms with Crippen LogP contribution in [-0.2, 0) is 6.54 Å². The Morgan fingerprint density at radius 3 is 2.56 bits per heavy atom. The number of aromatic nitrogens is 1. The van der Waals surface area contributed by atoms with Crippen molar-refractivity contribution >= 4 is 28.6 Å². The topological polar surface area (TPSA) is 71.7 Å². The number of ketones is 1. The predicted octanol–water partition coefficient (Wildman–Crippen LogP) is 3.68. The average molecular weight is 334 g/mol. The molecule has 3 aromatic rings. The third-order valence-corrected chi connectivity index (χ3v) is 4.11. The van der Waals surface area contributed by atoms with Gasteiger partial charge < -0.3 is 9.67 Å². The van der Waals surface area contributed by atoms with Crippen LogP contribution in [0.5, 0.6) is 5.75 Å². The Labute approximate surface area is 144 Å². The highest BCUT2D eigenvalue weighted by atomic mass is 16.3. The number of hydrogen-bond acceptors (Lipinski definition) is 4. The van der Waals surface area contributed by atoms with E-state index in [4.69, 9.17) is 0 Å². The van der Waals surface area contributed by atoms with Crippen molar-refractivity contribution in [1.82, 2.24) is 4.57 Å². The molecular weight excluding hydrogens is 316 g/mol. The molecule has 0 bridgehead atoms. The minimum atomic E-state index is -0.317. The number of benzene rings is 2. The van der Waals surface area contributed by atoms with E-state index in [1.54, 1.807) is 47.0 Å². The van der Waals surface area contributed by atoms with Gasteiger partial charge in [-0.05, 0) is 38.1 Å². The zero-order valence-corrected chi connectivity index (χ0v) is 14.1. The number of aromatic hydroxyl groups is 1. The number of carbonyl (C=O) groups is 1. The number of fused-ring (bicyclic) bond motifs is 1. The zero-order chi connectivity index (χ0) is 18.0. The van der Waals surface area contributed by atoms with E-state index in [1.807, 2.05) is 13.0 Å². The lowest BCUT2D eigenvalue weighted by molar-refractivity contribution is 0.101. The van der Waals surface area contributed by atoms with Crippen molar-refractivity contribution in [2.24, 2.45) is 4.99 Å². The summed E-state index contributed by atoms with van der Waals surface area (Å²) in [6.45, 7) is 3.81. The Kier molecular flexibility index (Phi) is 4.48. The molecule has 2 aromatic carbocycles. The summed E-state index contributed by atoms with van der Waals surface area (Å²) in [4.78, 5) is 28.7. The fourth-order valence-corrected chi connectivity index (χ4v) is 2.86. The third kappa shape index (κ3) is 2.96. The molecule has 0 aliphatic heterocycles. The van der Waals surface area contributed by atoms with Crippen LogP contribution in [-0.4, -0.2) is 21.7 Å². The van der Waals surface area contributed by atoms with Gasteiger partial charge in [0, 0.05) is 23.7 Å². The average Bonchev–Trinajstić information content (AvgIpc) is 2.62. The van der Waals surface area contributed by atoms with E-state index in [2.05, 4.69) is 4.99 Å². The van der Waals surface area contributed by atoms with Crippen LogP contribution in [0.2, 0.25) is 0 Å². The van der Waals surface area contributed by atoms with Crippen molar-refractivity contribution in [3.05, 3.63) is 70.0 Å². The van der Waals surface area contributed by atoms with Crippen LogP contribution in [0.4, 0.5) is 5.69 Å². The van der Waals surface area contributed by atoms with Crippen LogP contribution in [0.25, 0.3) is 10.9 Å². The molecule has 1 heterocycles. The molecule has 1 N–H and O–H groups in total. The maximum absolute atomic E-state index is 12.7. The minimum Gasteiger partial charge on any atom is -0.506 e. The molecule has 0 unspecified atom stereocenters. The quantitative estimate of drug-likeness (QED) is 0.584. The second-order valence-corrected chi connectivity index (χ2v) is 5.66. The van der Waals surface area contributed by atoms with Crippen molar-refractivity contribution in [3.8, 4) is 5.75 Å². The van der Waals surface area contributed by atoms with Gasteiger partial charge in [-0.15, -0.1) is 0 Å². The van der Waals surface area contributed by atoms with Crippen LogP contribution in [0.15, 0.2) is 58.3 Å². The van der Waals surface area contributed by atoms with E-state index in [1.165, 1.54) is 13.1 Å². The summed E-state index contributed by atoms with van der Waals surface area (Å²) in [7, 11) is 0. The molecule has 0 fully saturated rings. The Morgan fingerprint density at radius 1 is 1.16 bits per heavy atom. The van der Waals surface area contributed by atoms with E-state index in [0.717, 1.165) is 0 Å². The van der Waals surface area contributed by atoms with Gasteiger partial charge in [-0.3, -0.25) is 14.6 Å². The Morgan fingerprint density at radius 2 is 1.84 bits per heavy atom. The van der Waals surface area contributed by atoms with Gasteiger partial charge in [-0.25, -0.2) is 0 Å². The van der Waals surface area contributed by atoms with Crippen molar-refractivity contribution in [2.45, 2.75) is 20.4 Å². The highest BCUT2D eigenvalue weighted by Crippen LogP contribution is 2.26. The van der Waals surface area contributed by atoms with E-state index in [9.17, 15) is 14.7 Å². The van der Waals surface area contributed by atoms with Crippen molar-refractivity contribution < 1.29 is 9.90 Å². The summed E-state index contributed by atoms with van der Waals surface area (Å²) in [5.74, 6) is -0.212. The third-order valence-electron chi connectivity index (χ3n) is 4.11. The van der Waals surface area contributed by atoms with Crippen LogP contribution in [0.1, 0.15) is 29.8 Å². The van der Waals surface area contributed by atoms with Gasteiger partial charge in [0.1, 0.15) is 11.3 Å². The van der Waals surface area contributed by atoms with E-state index in [0.29, 0.717) is 28.7 Å². The molecule has 25 heavy (non-hydrogen) atoms. The Hall–Kier alpha value is -3.21. The number of Topliss-reactive ketones (excluding diaryl/α,β-unsaturated/α-hetero) is 1. The van der Waals surface area contributed by atoms with Crippen LogP contribution in [0.3, 0.4) is 0 Å². The van der Waals surface area contributed by atoms with Crippen LogP contribution < -0.4 is 5.56 Å². The maximum atomic E-state index is 12.7. The lowest BCUT2D eigenvalue weighted by atomic mass is 10.1. The fraction of sp³-hybridized carbons (Fsp3) is 0.150. The molecule has 0 aliphatic rings. The van der Waals surface area contributed by atoms with Crippen molar-refractivity contribution in [2.75, 3.05) is 0 Å². The first-order chi connectivity index (χ1) is 12.0. The van der Waals surface area contributed by atoms with Crippen LogP contribution in [0, 0.1) is 0 Å². The summed E-state index contributed by atoms with van der Waals surface area (Å²) in [6, 6.07) is 14.1. The molecule has 5 heteroatoms. The molecule has 0 saturated carbocycles. The molecule has 126 valence electrons. The number of hydrogen-bond donors (Lipinski definition) is 1. The molecule has 0 atom stereocenters. The van der Waals surface area contributed by atoms with Gasteiger partial charge >= 0.3 is 0 Å². The Balaban J connectivity index is 2.21. The maximum Gasteiger partial charge on any atom is 0.263 e. The summed E-state index contributed by atoms with van der Waals surface area (Å²) < 4.78 is 1.59. The lowest BCUT2D eigenvalue weighted by Crippen LogP contribution is -2.23. The van der Waals surface area contributed by atoms with Gasteiger partial charge in [-0.1, -0.05) is 24.3 Å². The summed E-state index contributed by atoms with van der Waals surface area (Å²) in [5, 5.41) is 11.1. The van der Waals surface area contributed by atoms with E-state index in [-0.39, 0.29) is 22.7 Å². The molecule has 1 aromatic heterocycles. The standard InChI is InChI=1S/C20H18N2O3/c1-3-22-18-11-7-5-9-15(18)19(24)16(20(22)25)12-21-17-10-6-4-8-14(17)13(2)23/h4-12,24H,3H2,1-2H3. The highest BCUT2D eigenvalue weighted by molar-refractivity contribution is 6.01. The van der Waals surface area contributed by atoms with Crippen molar-refractivity contribution in [1.29, 1.82) is 0 Å². The number of aliphatic imine (C=N–C) groups is 1. The molecule has 0 saturated heterocycles. The summed E-state index contributed by atoms with van der Waals surface area (Å²) in [6.07, 6.45) is 1.33. The SMILES string of the molecule is CCn1c(=O)c(C=Nc2ccccc2C(C)=O)c(O)c2ccccc21. The van der Waals surface area contributed by atoms with Gasteiger partial charge in [0.25, 0.3) is 5.56 Å².